The molecule has 1 fully saturated rings. The first-order chi connectivity index (χ1) is 19.0. The monoisotopic (exact) mass is 562 g/mol. The summed E-state index contributed by atoms with van der Waals surface area (Å²) in [6.07, 6.45) is 4.76. The van der Waals surface area contributed by atoms with Gasteiger partial charge in [-0.15, -0.1) is 5.10 Å². The summed E-state index contributed by atoms with van der Waals surface area (Å²) >= 11 is 0. The molecule has 206 valence electrons. The Balaban J connectivity index is 1.40. The van der Waals surface area contributed by atoms with Gasteiger partial charge in [0.1, 0.15) is 11.6 Å². The lowest BCUT2D eigenvalue weighted by atomic mass is 9.66. The number of nitrogens with zero attached hydrogens (tertiary/aromatic N) is 5. The van der Waals surface area contributed by atoms with Crippen molar-refractivity contribution >= 4 is 16.0 Å². The van der Waals surface area contributed by atoms with Crippen molar-refractivity contribution in [3.8, 4) is 22.5 Å². The van der Waals surface area contributed by atoms with E-state index in [1.165, 1.54) is 30.6 Å². The van der Waals surface area contributed by atoms with Crippen molar-refractivity contribution in [3.63, 3.8) is 0 Å². The molecule has 0 radical (unpaired) electrons. The maximum absolute atomic E-state index is 14.6. The van der Waals surface area contributed by atoms with Crippen molar-refractivity contribution < 1.29 is 17.2 Å². The molecule has 2 aliphatic rings. The van der Waals surface area contributed by atoms with Crippen LogP contribution >= 0.6 is 0 Å². The molecule has 0 unspecified atom stereocenters. The van der Waals surface area contributed by atoms with Crippen molar-refractivity contribution in [1.29, 1.82) is 0 Å². The Labute approximate surface area is 231 Å². The maximum Gasteiger partial charge on any atom is 0.237 e. The van der Waals surface area contributed by atoms with Crippen LogP contribution < -0.4 is 4.72 Å². The van der Waals surface area contributed by atoms with Crippen molar-refractivity contribution in [2.75, 3.05) is 4.72 Å². The molecule has 1 aromatic carbocycles. The van der Waals surface area contributed by atoms with E-state index < -0.39 is 32.3 Å². The first kappa shape index (κ1) is 26.4. The van der Waals surface area contributed by atoms with Gasteiger partial charge >= 0.3 is 0 Å². The Morgan fingerprint density at radius 2 is 1.65 bits per heavy atom. The molecule has 0 aliphatic heterocycles. The second-order valence-corrected chi connectivity index (χ2v) is 13.5. The Kier molecular flexibility index (Phi) is 5.99. The lowest BCUT2D eigenvalue weighted by Gasteiger charge is -2.37. The van der Waals surface area contributed by atoms with Crippen molar-refractivity contribution in [2.24, 2.45) is 5.41 Å². The summed E-state index contributed by atoms with van der Waals surface area (Å²) in [5.41, 5.74) is 3.00. The topological polar surface area (TPSA) is 111 Å². The number of anilines is 1. The minimum atomic E-state index is -3.57. The smallest absolute Gasteiger partial charge is 0.237 e. The molecule has 3 aromatic heterocycles. The van der Waals surface area contributed by atoms with Crippen LogP contribution in [0.1, 0.15) is 63.4 Å². The minimum absolute atomic E-state index is 0.00550. The second-order valence-electron chi connectivity index (χ2n) is 11.2. The molecule has 6 rings (SSSR count). The van der Waals surface area contributed by atoms with Crippen molar-refractivity contribution in [1.82, 2.24) is 25.1 Å². The zero-order chi connectivity index (χ0) is 28.4. The van der Waals surface area contributed by atoms with Gasteiger partial charge in [0.15, 0.2) is 0 Å². The SMILES string of the molecule is CC(C)S(=O)(=O)Nc1ncc(-c2cccc([C@@]34CC[C@@H](c5cc(-c6c(F)cccc6F)nnc53)C4(C)C)n2)cn1. The largest absolute Gasteiger partial charge is 0.252 e. The second kappa shape index (κ2) is 9.09. The zero-order valence-corrected chi connectivity index (χ0v) is 23.3. The molecule has 3 heterocycles. The number of aromatic nitrogens is 5. The average Bonchev–Trinajstić information content (AvgIpc) is 3.30. The van der Waals surface area contributed by atoms with Gasteiger partial charge in [-0.3, -0.25) is 9.71 Å². The number of fused-ring (bicyclic) bond motifs is 5. The van der Waals surface area contributed by atoms with Gasteiger partial charge in [0.05, 0.1) is 39.0 Å². The van der Waals surface area contributed by atoms with E-state index in [0.29, 0.717) is 11.3 Å². The molecule has 11 heteroatoms. The Morgan fingerprint density at radius 1 is 0.975 bits per heavy atom. The summed E-state index contributed by atoms with van der Waals surface area (Å²) in [4.78, 5) is 13.4. The van der Waals surface area contributed by atoms with E-state index in [1.807, 2.05) is 18.2 Å². The predicted molar refractivity (Wildman–Crippen MR) is 147 cm³/mol. The average molecular weight is 563 g/mol. The number of sulfonamides is 1. The number of pyridine rings is 1. The van der Waals surface area contributed by atoms with E-state index in [2.05, 4.69) is 38.7 Å². The van der Waals surface area contributed by atoms with Gasteiger partial charge in [-0.1, -0.05) is 26.0 Å². The third-order valence-electron chi connectivity index (χ3n) is 8.59. The lowest BCUT2D eigenvalue weighted by molar-refractivity contribution is 0.243. The Bertz CT molecular complexity index is 1720. The highest BCUT2D eigenvalue weighted by atomic mass is 32.2. The molecular formula is C29H28F2N6O2S. The van der Waals surface area contributed by atoms with Crippen LogP contribution in [0.5, 0.6) is 0 Å². The molecule has 1 saturated carbocycles. The fourth-order valence-corrected chi connectivity index (χ4v) is 6.94. The van der Waals surface area contributed by atoms with Crippen LogP contribution in [0, 0.1) is 17.0 Å². The van der Waals surface area contributed by atoms with E-state index >= 15 is 0 Å². The van der Waals surface area contributed by atoms with Gasteiger partial charge < -0.3 is 0 Å². The van der Waals surface area contributed by atoms with Gasteiger partial charge in [-0.2, -0.15) is 5.10 Å². The molecule has 40 heavy (non-hydrogen) atoms. The molecule has 2 bridgehead atoms. The van der Waals surface area contributed by atoms with E-state index in [1.54, 1.807) is 19.9 Å². The third-order valence-corrected chi connectivity index (χ3v) is 10.3. The number of hydrogen-bond donors (Lipinski definition) is 1. The molecule has 8 nitrogen and oxygen atoms in total. The first-order valence-electron chi connectivity index (χ1n) is 13.1. The first-order valence-corrected chi connectivity index (χ1v) is 14.6. The number of rotatable bonds is 6. The van der Waals surface area contributed by atoms with E-state index in [9.17, 15) is 17.2 Å². The fourth-order valence-electron chi connectivity index (χ4n) is 6.35. The van der Waals surface area contributed by atoms with Crippen LogP contribution in [0.25, 0.3) is 22.5 Å². The number of benzene rings is 1. The van der Waals surface area contributed by atoms with E-state index in [-0.39, 0.29) is 28.5 Å². The van der Waals surface area contributed by atoms with Crippen LogP contribution in [0.3, 0.4) is 0 Å². The highest BCUT2D eigenvalue weighted by molar-refractivity contribution is 7.93. The fraction of sp³-hybridized carbons (Fsp3) is 0.345. The summed E-state index contributed by atoms with van der Waals surface area (Å²) in [6.45, 7) is 7.52. The third kappa shape index (κ3) is 3.81. The molecular weight excluding hydrogens is 534 g/mol. The Morgan fingerprint density at radius 3 is 2.33 bits per heavy atom. The highest BCUT2D eigenvalue weighted by Crippen LogP contribution is 2.69. The minimum Gasteiger partial charge on any atom is -0.252 e. The van der Waals surface area contributed by atoms with Crippen molar-refractivity contribution in [3.05, 3.63) is 83.4 Å². The zero-order valence-electron chi connectivity index (χ0n) is 22.5. The summed E-state index contributed by atoms with van der Waals surface area (Å²) in [5.74, 6) is -1.24. The van der Waals surface area contributed by atoms with Gasteiger partial charge in [-0.05, 0) is 73.9 Å². The highest BCUT2D eigenvalue weighted by Gasteiger charge is 2.65. The molecule has 2 atom stereocenters. The maximum atomic E-state index is 14.6. The molecule has 0 amide bonds. The summed E-state index contributed by atoms with van der Waals surface area (Å²) in [5, 5.41) is 8.27. The van der Waals surface area contributed by atoms with Gasteiger partial charge in [0.2, 0.25) is 16.0 Å². The quantitative estimate of drug-likeness (QED) is 0.324. The molecule has 0 saturated heterocycles. The van der Waals surface area contributed by atoms with Gasteiger partial charge in [0.25, 0.3) is 0 Å². The van der Waals surface area contributed by atoms with E-state index in [0.717, 1.165) is 29.8 Å². The summed E-state index contributed by atoms with van der Waals surface area (Å²) < 4.78 is 55.8. The molecule has 2 aliphatic carbocycles. The number of halogens is 2. The molecule has 4 aromatic rings. The normalized spacial score (nSPS) is 21.0. The van der Waals surface area contributed by atoms with Crippen molar-refractivity contribution in [2.45, 2.75) is 57.1 Å². The number of nitrogens with one attached hydrogen (secondary N) is 1. The van der Waals surface area contributed by atoms with Crippen LogP contribution in [0.2, 0.25) is 0 Å². The van der Waals surface area contributed by atoms with Crippen LogP contribution in [-0.4, -0.2) is 38.8 Å². The Hall–Kier alpha value is -3.86. The van der Waals surface area contributed by atoms with Gasteiger partial charge in [0, 0.05) is 18.0 Å². The van der Waals surface area contributed by atoms with Gasteiger partial charge in [-0.25, -0.2) is 27.2 Å². The predicted octanol–water partition coefficient (Wildman–Crippen LogP) is 5.63. The summed E-state index contributed by atoms with van der Waals surface area (Å²) in [7, 11) is -3.57. The van der Waals surface area contributed by atoms with Crippen LogP contribution in [0.15, 0.2) is 54.9 Å². The van der Waals surface area contributed by atoms with Crippen LogP contribution in [-0.2, 0) is 15.4 Å². The molecule has 0 spiro atoms. The summed E-state index contributed by atoms with van der Waals surface area (Å²) in [6, 6.07) is 11.3. The van der Waals surface area contributed by atoms with E-state index in [4.69, 9.17) is 4.98 Å². The standard InChI is InChI=1S/C29H28F2N6O2S/c1-16(2)40(38,39)37-27-32-14-17(15-33-27)22-9-6-10-24(34-22)29-12-11-19(28(29,3)4)18-13-23(35-36-26(18)29)25-20(30)7-5-8-21(25)31/h5-10,13-16,19H,11-12H2,1-4H3,(H,32,33,37)/t19-,29-/m0/s1. The molecule has 1 N–H and O–H groups in total. The lowest BCUT2D eigenvalue weighted by Crippen LogP contribution is -2.37. The number of hydrogen-bond acceptors (Lipinski definition) is 7. The van der Waals surface area contributed by atoms with Crippen LogP contribution in [0.4, 0.5) is 14.7 Å².